The molecule has 0 atom stereocenters. The summed E-state index contributed by atoms with van der Waals surface area (Å²) in [6.07, 6.45) is 1.98. The van der Waals surface area contributed by atoms with E-state index in [-0.39, 0.29) is 5.43 Å². The quantitative estimate of drug-likeness (QED) is 0.659. The maximum Gasteiger partial charge on any atom is 0.205 e. The van der Waals surface area contributed by atoms with Crippen molar-refractivity contribution in [1.82, 2.24) is 4.98 Å². The lowest BCUT2D eigenvalue weighted by atomic mass is 10.1. The molecule has 1 aromatic rings. The second kappa shape index (κ2) is 6.96. The van der Waals surface area contributed by atoms with Gasteiger partial charge >= 0.3 is 0 Å². The molecular formula is C18H21N3OS. The molecule has 5 heteroatoms. The first-order chi connectivity index (χ1) is 11.2. The normalized spacial score (nSPS) is 11.0. The molecule has 1 heterocycles. The van der Waals surface area contributed by atoms with E-state index in [9.17, 15) is 4.79 Å². The zero-order valence-corrected chi connectivity index (χ0v) is 14.3. The lowest BCUT2D eigenvalue weighted by Crippen LogP contribution is -2.16. The maximum absolute atomic E-state index is 12.5. The predicted octanol–water partition coefficient (Wildman–Crippen LogP) is 4.41. The monoisotopic (exact) mass is 327 g/mol. The highest BCUT2D eigenvalue weighted by molar-refractivity contribution is 7.22. The number of anilines is 2. The summed E-state index contributed by atoms with van der Waals surface area (Å²) < 4.78 is 1.09. The molecule has 1 aliphatic carbocycles. The van der Waals surface area contributed by atoms with E-state index in [2.05, 4.69) is 24.5 Å². The van der Waals surface area contributed by atoms with Crippen LogP contribution in [0.4, 0.5) is 11.4 Å². The van der Waals surface area contributed by atoms with Gasteiger partial charge in [-0.2, -0.15) is 0 Å². The van der Waals surface area contributed by atoms with E-state index in [0.717, 1.165) is 52.4 Å². The van der Waals surface area contributed by atoms with Crippen LogP contribution in [0.5, 0.6) is 0 Å². The van der Waals surface area contributed by atoms with Crippen molar-refractivity contribution in [1.29, 1.82) is 0 Å². The van der Waals surface area contributed by atoms with Crippen molar-refractivity contribution < 1.29 is 0 Å². The topological polar surface area (TPSA) is 54.0 Å². The number of hydrogen-bond donors (Lipinski definition) is 2. The van der Waals surface area contributed by atoms with Gasteiger partial charge in [-0.05, 0) is 25.0 Å². The molecule has 0 saturated heterocycles. The van der Waals surface area contributed by atoms with Gasteiger partial charge in [0.2, 0.25) is 5.43 Å². The number of nitrogens with one attached hydrogen (secondary N) is 2. The summed E-state index contributed by atoms with van der Waals surface area (Å²) in [6.45, 7) is 5.81. The van der Waals surface area contributed by atoms with Crippen LogP contribution in [0, 0.1) is 0 Å². The van der Waals surface area contributed by atoms with Gasteiger partial charge in [0.25, 0.3) is 0 Å². The lowest BCUT2D eigenvalue weighted by molar-refractivity contribution is 0.973. The molecule has 1 aliphatic heterocycles. The molecule has 0 spiro atoms. The molecule has 0 fully saturated rings. The number of benzene rings is 2. The predicted molar refractivity (Wildman–Crippen MR) is 100 cm³/mol. The highest BCUT2D eigenvalue weighted by Crippen LogP contribution is 2.38. The van der Waals surface area contributed by atoms with Gasteiger partial charge in [-0.1, -0.05) is 26.0 Å². The van der Waals surface area contributed by atoms with Gasteiger partial charge in [-0.25, -0.2) is 4.98 Å². The fourth-order valence-electron chi connectivity index (χ4n) is 2.51. The molecule has 0 aromatic heterocycles. The van der Waals surface area contributed by atoms with E-state index in [4.69, 9.17) is 4.98 Å². The summed E-state index contributed by atoms with van der Waals surface area (Å²) in [7, 11) is 0. The third-order valence-corrected chi connectivity index (χ3v) is 4.81. The van der Waals surface area contributed by atoms with Crippen LogP contribution < -0.4 is 16.1 Å². The molecule has 120 valence electrons. The SMILES string of the molecule is CCCNc1cc(=O)c(NCCC)c2sc3ccccc3nc1-2. The smallest absolute Gasteiger partial charge is 0.205 e. The Kier molecular flexibility index (Phi) is 4.76. The Labute approximate surface area is 139 Å². The fourth-order valence-corrected chi connectivity index (χ4v) is 3.62. The Morgan fingerprint density at radius 2 is 1.83 bits per heavy atom. The van der Waals surface area contributed by atoms with Gasteiger partial charge in [0.15, 0.2) is 0 Å². The van der Waals surface area contributed by atoms with Crippen LogP contribution in [0.3, 0.4) is 0 Å². The summed E-state index contributed by atoms with van der Waals surface area (Å²) in [5.41, 5.74) is 3.37. The number of rotatable bonds is 6. The Hall–Kier alpha value is -2.14. The van der Waals surface area contributed by atoms with Crippen LogP contribution in [0.15, 0.2) is 35.1 Å². The van der Waals surface area contributed by atoms with Gasteiger partial charge in [0.1, 0.15) is 11.4 Å². The molecule has 0 bridgehead atoms. The summed E-state index contributed by atoms with van der Waals surface area (Å²) in [5.74, 6) is 0. The van der Waals surface area contributed by atoms with Crippen molar-refractivity contribution in [3.05, 3.63) is 40.6 Å². The van der Waals surface area contributed by atoms with Crippen molar-refractivity contribution in [2.24, 2.45) is 0 Å². The molecule has 4 nitrogen and oxygen atoms in total. The first kappa shape index (κ1) is 15.7. The van der Waals surface area contributed by atoms with Crippen molar-refractivity contribution in [2.75, 3.05) is 23.7 Å². The number of hydrogen-bond acceptors (Lipinski definition) is 5. The molecule has 0 amide bonds. The minimum Gasteiger partial charge on any atom is -0.383 e. The summed E-state index contributed by atoms with van der Waals surface area (Å²) in [5, 5.41) is 6.63. The third kappa shape index (κ3) is 3.15. The van der Waals surface area contributed by atoms with Crippen molar-refractivity contribution in [3.63, 3.8) is 0 Å². The summed E-state index contributed by atoms with van der Waals surface area (Å²) in [6, 6.07) is 9.73. The molecule has 3 rings (SSSR count). The van der Waals surface area contributed by atoms with Crippen LogP contribution in [0.2, 0.25) is 0 Å². The van der Waals surface area contributed by atoms with Crippen LogP contribution in [0.1, 0.15) is 26.7 Å². The van der Waals surface area contributed by atoms with Crippen LogP contribution >= 0.6 is 11.3 Å². The molecule has 0 radical (unpaired) electrons. The average Bonchev–Trinajstić information content (AvgIpc) is 2.57. The van der Waals surface area contributed by atoms with E-state index in [1.54, 1.807) is 17.4 Å². The van der Waals surface area contributed by atoms with Crippen molar-refractivity contribution >= 4 is 32.9 Å². The second-order valence-corrected chi connectivity index (χ2v) is 6.56. The standard InChI is InChI=1S/C18H21N3OS/c1-3-9-19-13-11-14(22)17(20-10-4-2)18-16(13)21-12-7-5-6-8-15(12)23-18/h5-8,11,19-20H,3-4,9-10H2,1-2H3. The van der Waals surface area contributed by atoms with Crippen molar-refractivity contribution in [2.45, 2.75) is 26.7 Å². The van der Waals surface area contributed by atoms with Gasteiger partial charge in [0, 0.05) is 19.2 Å². The second-order valence-electron chi connectivity index (χ2n) is 5.51. The molecule has 2 aliphatic rings. The Balaban J connectivity index is 2.25. The van der Waals surface area contributed by atoms with Gasteiger partial charge in [0.05, 0.1) is 20.8 Å². The molecule has 2 N–H and O–H groups in total. The average molecular weight is 327 g/mol. The van der Waals surface area contributed by atoms with Gasteiger partial charge in [-0.15, -0.1) is 11.3 Å². The zero-order chi connectivity index (χ0) is 16.2. The maximum atomic E-state index is 12.5. The zero-order valence-electron chi connectivity index (χ0n) is 13.5. The van der Waals surface area contributed by atoms with Crippen molar-refractivity contribution in [3.8, 4) is 10.6 Å². The van der Waals surface area contributed by atoms with Gasteiger partial charge in [-0.3, -0.25) is 4.79 Å². The number of para-hydroxylation sites is 1. The fraction of sp³-hybridized carbons (Fsp3) is 0.333. The van der Waals surface area contributed by atoms with Crippen LogP contribution in [0.25, 0.3) is 20.8 Å². The molecule has 1 aromatic carbocycles. The molecule has 0 unspecified atom stereocenters. The Morgan fingerprint density at radius 3 is 2.61 bits per heavy atom. The van der Waals surface area contributed by atoms with E-state index in [1.807, 2.05) is 24.3 Å². The Morgan fingerprint density at radius 1 is 1.09 bits per heavy atom. The van der Waals surface area contributed by atoms with Crippen LogP contribution in [-0.2, 0) is 0 Å². The highest BCUT2D eigenvalue weighted by Gasteiger charge is 2.19. The molecule has 0 saturated carbocycles. The Bertz CT molecular complexity index is 843. The van der Waals surface area contributed by atoms with E-state index >= 15 is 0 Å². The van der Waals surface area contributed by atoms with Gasteiger partial charge < -0.3 is 10.6 Å². The third-order valence-electron chi connectivity index (χ3n) is 3.65. The van der Waals surface area contributed by atoms with E-state index in [0.29, 0.717) is 5.69 Å². The minimum absolute atomic E-state index is 0.0258. The number of nitrogens with zero attached hydrogens (tertiary/aromatic N) is 1. The van der Waals surface area contributed by atoms with Crippen LogP contribution in [-0.4, -0.2) is 18.1 Å². The van der Waals surface area contributed by atoms with E-state index in [1.165, 1.54) is 0 Å². The highest BCUT2D eigenvalue weighted by atomic mass is 32.1. The largest absolute Gasteiger partial charge is 0.383 e. The molecule has 23 heavy (non-hydrogen) atoms. The summed E-state index contributed by atoms with van der Waals surface area (Å²) >= 11 is 1.63. The summed E-state index contributed by atoms with van der Waals surface area (Å²) in [4.78, 5) is 18.3. The minimum atomic E-state index is 0.0258. The molecular weight excluding hydrogens is 306 g/mol. The van der Waals surface area contributed by atoms with E-state index < -0.39 is 0 Å². The number of aromatic nitrogens is 1. The number of fused-ring (bicyclic) bond motifs is 2. The first-order valence-corrected chi connectivity index (χ1v) is 8.90. The lowest BCUT2D eigenvalue weighted by Gasteiger charge is -2.17. The first-order valence-electron chi connectivity index (χ1n) is 8.09.